The van der Waals surface area contributed by atoms with Gasteiger partial charge >= 0.3 is 6.09 Å². The number of benzene rings is 1. The minimum absolute atomic E-state index is 0.137. The van der Waals surface area contributed by atoms with Gasteiger partial charge in [0, 0.05) is 31.2 Å². The van der Waals surface area contributed by atoms with Gasteiger partial charge in [-0.05, 0) is 24.6 Å². The van der Waals surface area contributed by atoms with E-state index in [1.165, 1.54) is 0 Å². The number of carbonyl (C=O) groups is 1. The van der Waals surface area contributed by atoms with Crippen LogP contribution in [0.4, 0.5) is 4.79 Å². The molecule has 0 aromatic heterocycles. The SMILES string of the molecule is C=CCN1CCN(C(=O)OCC)C[C@H]1c1ccc(Cl)cc1. The van der Waals surface area contributed by atoms with Crippen LogP contribution in [-0.2, 0) is 4.74 Å². The molecule has 1 aromatic carbocycles. The zero-order valence-electron chi connectivity index (χ0n) is 12.3. The molecule has 1 aromatic rings. The highest BCUT2D eigenvalue weighted by molar-refractivity contribution is 6.30. The van der Waals surface area contributed by atoms with Gasteiger partial charge in [-0.25, -0.2) is 4.79 Å². The van der Waals surface area contributed by atoms with Crippen LogP contribution in [0.2, 0.25) is 5.02 Å². The Kier molecular flexibility index (Phi) is 5.65. The lowest BCUT2D eigenvalue weighted by molar-refractivity contribution is 0.0571. The lowest BCUT2D eigenvalue weighted by Crippen LogP contribution is -2.50. The highest BCUT2D eigenvalue weighted by Gasteiger charge is 2.30. The maximum Gasteiger partial charge on any atom is 0.409 e. The average Bonchev–Trinajstić information content (AvgIpc) is 2.49. The second-order valence-corrected chi connectivity index (χ2v) is 5.43. The summed E-state index contributed by atoms with van der Waals surface area (Å²) in [7, 11) is 0. The van der Waals surface area contributed by atoms with Crippen LogP contribution in [0.15, 0.2) is 36.9 Å². The molecule has 0 bridgehead atoms. The van der Waals surface area contributed by atoms with Crippen molar-refractivity contribution < 1.29 is 9.53 Å². The lowest BCUT2D eigenvalue weighted by atomic mass is 10.0. The highest BCUT2D eigenvalue weighted by atomic mass is 35.5. The molecule has 21 heavy (non-hydrogen) atoms. The minimum atomic E-state index is -0.241. The molecule has 0 saturated carbocycles. The summed E-state index contributed by atoms with van der Waals surface area (Å²) in [5.74, 6) is 0. The van der Waals surface area contributed by atoms with E-state index in [0.717, 1.165) is 18.7 Å². The van der Waals surface area contributed by atoms with E-state index in [4.69, 9.17) is 16.3 Å². The third-order valence-electron chi connectivity index (χ3n) is 3.64. The molecule has 1 aliphatic rings. The predicted molar refractivity (Wildman–Crippen MR) is 84.6 cm³/mol. The Labute approximate surface area is 130 Å². The Bertz CT molecular complexity index is 490. The quantitative estimate of drug-likeness (QED) is 0.800. The van der Waals surface area contributed by atoms with E-state index >= 15 is 0 Å². The predicted octanol–water partition coefficient (Wildman–Crippen LogP) is 3.34. The Balaban J connectivity index is 2.16. The van der Waals surface area contributed by atoms with Gasteiger partial charge in [0.2, 0.25) is 0 Å². The van der Waals surface area contributed by atoms with Crippen LogP contribution in [0.3, 0.4) is 0 Å². The third kappa shape index (κ3) is 3.99. The van der Waals surface area contributed by atoms with E-state index in [-0.39, 0.29) is 12.1 Å². The molecular formula is C16H21ClN2O2. The summed E-state index contributed by atoms with van der Waals surface area (Å²) >= 11 is 5.95. The Hall–Kier alpha value is -1.52. The Morgan fingerprint density at radius 3 is 2.76 bits per heavy atom. The van der Waals surface area contributed by atoms with Crippen LogP contribution in [-0.4, -0.2) is 48.7 Å². The summed E-state index contributed by atoms with van der Waals surface area (Å²) in [6, 6.07) is 7.92. The van der Waals surface area contributed by atoms with Crippen molar-refractivity contribution in [3.05, 3.63) is 47.5 Å². The number of carbonyl (C=O) groups excluding carboxylic acids is 1. The van der Waals surface area contributed by atoms with Crippen LogP contribution in [0.5, 0.6) is 0 Å². The van der Waals surface area contributed by atoms with Crippen LogP contribution >= 0.6 is 11.6 Å². The van der Waals surface area contributed by atoms with E-state index in [1.54, 1.807) is 4.90 Å². The monoisotopic (exact) mass is 308 g/mol. The maximum absolute atomic E-state index is 11.9. The zero-order valence-corrected chi connectivity index (χ0v) is 13.1. The molecule has 0 spiro atoms. The van der Waals surface area contributed by atoms with Gasteiger partial charge in [-0.2, -0.15) is 0 Å². The number of nitrogens with zero attached hydrogens (tertiary/aromatic N) is 2. The highest BCUT2D eigenvalue weighted by Crippen LogP contribution is 2.26. The number of piperazine rings is 1. The molecular weight excluding hydrogens is 288 g/mol. The number of halogens is 1. The van der Waals surface area contributed by atoms with Crippen molar-refractivity contribution in [2.24, 2.45) is 0 Å². The van der Waals surface area contributed by atoms with Crippen LogP contribution in [0.1, 0.15) is 18.5 Å². The fraction of sp³-hybridized carbons (Fsp3) is 0.438. The Morgan fingerprint density at radius 2 is 2.14 bits per heavy atom. The molecule has 1 saturated heterocycles. The summed E-state index contributed by atoms with van der Waals surface area (Å²) in [6.07, 6.45) is 1.65. The first-order chi connectivity index (χ1) is 10.2. The fourth-order valence-electron chi connectivity index (χ4n) is 2.59. The van der Waals surface area contributed by atoms with Gasteiger partial charge in [0.1, 0.15) is 0 Å². The van der Waals surface area contributed by atoms with E-state index in [9.17, 15) is 4.79 Å². The molecule has 1 aliphatic heterocycles. The van der Waals surface area contributed by atoms with E-state index in [2.05, 4.69) is 11.5 Å². The first kappa shape index (κ1) is 15.9. The van der Waals surface area contributed by atoms with E-state index in [1.807, 2.05) is 37.3 Å². The van der Waals surface area contributed by atoms with Crippen LogP contribution in [0.25, 0.3) is 0 Å². The molecule has 1 heterocycles. The first-order valence-electron chi connectivity index (χ1n) is 7.17. The largest absolute Gasteiger partial charge is 0.450 e. The van der Waals surface area contributed by atoms with Gasteiger partial charge in [0.05, 0.1) is 12.6 Å². The Morgan fingerprint density at radius 1 is 1.43 bits per heavy atom. The van der Waals surface area contributed by atoms with Gasteiger partial charge in [-0.1, -0.05) is 29.8 Å². The van der Waals surface area contributed by atoms with Gasteiger partial charge in [0.15, 0.2) is 0 Å². The minimum Gasteiger partial charge on any atom is -0.450 e. The summed E-state index contributed by atoms with van der Waals surface area (Å²) in [5, 5.41) is 0.715. The summed E-state index contributed by atoms with van der Waals surface area (Å²) < 4.78 is 5.11. The average molecular weight is 309 g/mol. The number of hydrogen-bond donors (Lipinski definition) is 0. The summed E-state index contributed by atoms with van der Waals surface area (Å²) in [5.41, 5.74) is 1.15. The smallest absolute Gasteiger partial charge is 0.409 e. The number of ether oxygens (including phenoxy) is 1. The van der Waals surface area contributed by atoms with Gasteiger partial charge < -0.3 is 9.64 Å². The maximum atomic E-state index is 11.9. The molecule has 2 rings (SSSR count). The summed E-state index contributed by atoms with van der Waals surface area (Å²) in [4.78, 5) is 16.0. The topological polar surface area (TPSA) is 32.8 Å². The lowest BCUT2D eigenvalue weighted by Gasteiger charge is -2.40. The molecule has 0 N–H and O–H groups in total. The second-order valence-electron chi connectivity index (χ2n) is 5.00. The number of rotatable bonds is 4. The zero-order chi connectivity index (χ0) is 15.2. The summed E-state index contributed by atoms with van der Waals surface area (Å²) in [6.45, 7) is 8.93. The number of amides is 1. The van der Waals surface area contributed by atoms with Crippen LogP contribution in [0, 0.1) is 0 Å². The van der Waals surface area contributed by atoms with Crippen molar-refractivity contribution in [3.8, 4) is 0 Å². The van der Waals surface area contributed by atoms with E-state index < -0.39 is 0 Å². The number of hydrogen-bond acceptors (Lipinski definition) is 3. The molecule has 0 radical (unpaired) electrons. The van der Waals surface area contributed by atoms with Crippen molar-refractivity contribution in [3.63, 3.8) is 0 Å². The third-order valence-corrected chi connectivity index (χ3v) is 3.89. The van der Waals surface area contributed by atoms with Crippen LogP contribution < -0.4 is 0 Å². The molecule has 1 atom stereocenters. The second kappa shape index (κ2) is 7.48. The van der Waals surface area contributed by atoms with Crippen molar-refractivity contribution in [2.75, 3.05) is 32.8 Å². The molecule has 0 unspecified atom stereocenters. The molecule has 0 aliphatic carbocycles. The molecule has 4 nitrogen and oxygen atoms in total. The van der Waals surface area contributed by atoms with Gasteiger partial charge in [-0.15, -0.1) is 6.58 Å². The molecule has 5 heteroatoms. The van der Waals surface area contributed by atoms with E-state index in [0.29, 0.717) is 24.7 Å². The van der Waals surface area contributed by atoms with Gasteiger partial charge in [0.25, 0.3) is 0 Å². The van der Waals surface area contributed by atoms with Gasteiger partial charge in [-0.3, -0.25) is 4.90 Å². The molecule has 1 fully saturated rings. The molecule has 114 valence electrons. The van der Waals surface area contributed by atoms with Crippen molar-refractivity contribution in [1.29, 1.82) is 0 Å². The fourth-order valence-corrected chi connectivity index (χ4v) is 2.71. The first-order valence-corrected chi connectivity index (χ1v) is 7.55. The van der Waals surface area contributed by atoms with Crippen molar-refractivity contribution in [1.82, 2.24) is 9.80 Å². The van der Waals surface area contributed by atoms with Crippen molar-refractivity contribution in [2.45, 2.75) is 13.0 Å². The normalized spacial score (nSPS) is 19.3. The standard InChI is InChI=1S/C16H21ClN2O2/c1-3-9-18-10-11-19(16(20)21-4-2)12-15(18)13-5-7-14(17)8-6-13/h3,5-8,15H,1,4,9-12H2,2H3/t15-/m0/s1. The van der Waals surface area contributed by atoms with Crippen molar-refractivity contribution >= 4 is 17.7 Å². The molecule has 1 amide bonds.